The molecule has 0 aliphatic carbocycles. The van der Waals surface area contributed by atoms with Crippen molar-refractivity contribution < 1.29 is 8.78 Å². The van der Waals surface area contributed by atoms with E-state index >= 15 is 0 Å². The largest absolute Gasteiger partial charge is 0.329 e. The second-order valence-corrected chi connectivity index (χ2v) is 4.73. The summed E-state index contributed by atoms with van der Waals surface area (Å²) in [5, 5.41) is 0. The molecule has 2 aromatic rings. The minimum atomic E-state index is -0.817. The highest BCUT2D eigenvalue weighted by molar-refractivity contribution is 5.85. The van der Waals surface area contributed by atoms with Crippen LogP contribution in [-0.2, 0) is 13.1 Å². The summed E-state index contributed by atoms with van der Waals surface area (Å²) in [5.74, 6) is -1.63. The number of nitrogens with zero attached hydrogens (tertiary/aromatic N) is 1. The molecule has 2 nitrogen and oxygen atoms in total. The van der Waals surface area contributed by atoms with E-state index in [4.69, 9.17) is 5.73 Å². The third-order valence-corrected chi connectivity index (χ3v) is 3.08. The molecule has 114 valence electrons. The summed E-state index contributed by atoms with van der Waals surface area (Å²) in [4.78, 5) is 2.11. The molecule has 5 heteroatoms. The van der Waals surface area contributed by atoms with Gasteiger partial charge in [0.2, 0.25) is 0 Å². The van der Waals surface area contributed by atoms with Gasteiger partial charge in [-0.3, -0.25) is 4.90 Å². The molecule has 21 heavy (non-hydrogen) atoms. The number of benzene rings is 2. The Morgan fingerprint density at radius 3 is 2.14 bits per heavy atom. The molecule has 0 amide bonds. The molecule has 0 fully saturated rings. The van der Waals surface area contributed by atoms with Gasteiger partial charge in [0.15, 0.2) is 11.6 Å². The monoisotopic (exact) mass is 312 g/mol. The minimum absolute atomic E-state index is 0. The second kappa shape index (κ2) is 8.72. The van der Waals surface area contributed by atoms with Crippen LogP contribution in [0.5, 0.6) is 0 Å². The van der Waals surface area contributed by atoms with Gasteiger partial charge in [-0.15, -0.1) is 12.4 Å². The maximum Gasteiger partial charge on any atom is 0.159 e. The van der Waals surface area contributed by atoms with Crippen molar-refractivity contribution in [1.82, 2.24) is 4.90 Å². The number of rotatable bonds is 6. The van der Waals surface area contributed by atoms with E-state index in [1.54, 1.807) is 6.07 Å². The lowest BCUT2D eigenvalue weighted by Gasteiger charge is -2.22. The Kier molecular flexibility index (Phi) is 7.29. The van der Waals surface area contributed by atoms with Crippen LogP contribution in [0.2, 0.25) is 0 Å². The van der Waals surface area contributed by atoms with Crippen LogP contribution in [0.3, 0.4) is 0 Å². The summed E-state index contributed by atoms with van der Waals surface area (Å²) >= 11 is 0. The molecule has 0 saturated carbocycles. The quantitative estimate of drug-likeness (QED) is 0.886. The summed E-state index contributed by atoms with van der Waals surface area (Å²) in [5.41, 5.74) is 7.53. The Morgan fingerprint density at radius 1 is 0.857 bits per heavy atom. The lowest BCUT2D eigenvalue weighted by atomic mass is 10.1. The first-order valence-electron chi connectivity index (χ1n) is 6.59. The summed E-state index contributed by atoms with van der Waals surface area (Å²) in [7, 11) is 0. The van der Waals surface area contributed by atoms with Gasteiger partial charge in [0.05, 0.1) is 0 Å². The van der Waals surface area contributed by atoms with Crippen LogP contribution in [0, 0.1) is 11.6 Å². The van der Waals surface area contributed by atoms with Crippen molar-refractivity contribution in [3.05, 3.63) is 71.3 Å². The summed E-state index contributed by atoms with van der Waals surface area (Å²) in [6.07, 6.45) is 0. The fraction of sp³-hybridized carbons (Fsp3) is 0.250. The van der Waals surface area contributed by atoms with Crippen LogP contribution in [0.25, 0.3) is 0 Å². The third kappa shape index (κ3) is 5.42. The van der Waals surface area contributed by atoms with Gasteiger partial charge in [-0.1, -0.05) is 36.4 Å². The van der Waals surface area contributed by atoms with Crippen LogP contribution >= 0.6 is 12.4 Å². The van der Waals surface area contributed by atoms with Crippen molar-refractivity contribution in [2.75, 3.05) is 13.1 Å². The van der Waals surface area contributed by atoms with E-state index in [0.29, 0.717) is 19.6 Å². The van der Waals surface area contributed by atoms with E-state index in [9.17, 15) is 8.78 Å². The van der Waals surface area contributed by atoms with Gasteiger partial charge in [-0.2, -0.15) is 0 Å². The Balaban J connectivity index is 0.00000220. The first kappa shape index (κ1) is 17.6. The molecule has 0 aliphatic rings. The van der Waals surface area contributed by atoms with Crippen molar-refractivity contribution in [3.63, 3.8) is 0 Å². The average molecular weight is 313 g/mol. The van der Waals surface area contributed by atoms with E-state index in [2.05, 4.69) is 4.90 Å². The van der Waals surface area contributed by atoms with Crippen LogP contribution in [-0.4, -0.2) is 18.0 Å². The highest BCUT2D eigenvalue weighted by atomic mass is 35.5. The number of halogens is 3. The fourth-order valence-electron chi connectivity index (χ4n) is 2.13. The molecule has 0 spiro atoms. The number of hydrogen-bond donors (Lipinski definition) is 1. The summed E-state index contributed by atoms with van der Waals surface area (Å²) in [6.45, 7) is 2.50. The highest BCUT2D eigenvalue weighted by Crippen LogP contribution is 2.13. The average Bonchev–Trinajstić information content (AvgIpc) is 2.44. The van der Waals surface area contributed by atoms with Gasteiger partial charge >= 0.3 is 0 Å². The normalized spacial score (nSPS) is 10.5. The van der Waals surface area contributed by atoms with E-state index in [1.165, 1.54) is 11.6 Å². The molecule has 2 aromatic carbocycles. The van der Waals surface area contributed by atoms with Gasteiger partial charge < -0.3 is 5.73 Å². The van der Waals surface area contributed by atoms with E-state index in [-0.39, 0.29) is 12.4 Å². The third-order valence-electron chi connectivity index (χ3n) is 3.08. The molecular formula is C16H19ClF2N2. The van der Waals surface area contributed by atoms with Crippen molar-refractivity contribution in [1.29, 1.82) is 0 Å². The Labute approximate surface area is 130 Å². The predicted octanol–water partition coefficient (Wildman–Crippen LogP) is 3.35. The first-order valence-corrected chi connectivity index (χ1v) is 6.59. The predicted molar refractivity (Wildman–Crippen MR) is 83.2 cm³/mol. The lowest BCUT2D eigenvalue weighted by molar-refractivity contribution is 0.264. The topological polar surface area (TPSA) is 29.3 Å². The van der Waals surface area contributed by atoms with Crippen molar-refractivity contribution in [2.24, 2.45) is 5.73 Å². The Hall–Kier alpha value is -1.49. The molecule has 0 saturated heterocycles. The molecule has 2 N–H and O–H groups in total. The smallest absolute Gasteiger partial charge is 0.159 e. The lowest BCUT2D eigenvalue weighted by Crippen LogP contribution is -2.28. The molecule has 0 aliphatic heterocycles. The Bertz CT molecular complexity index is 549. The summed E-state index contributed by atoms with van der Waals surface area (Å²) in [6, 6.07) is 14.0. The van der Waals surface area contributed by atoms with Crippen LogP contribution < -0.4 is 5.73 Å². The highest BCUT2D eigenvalue weighted by Gasteiger charge is 2.08. The van der Waals surface area contributed by atoms with Gasteiger partial charge in [-0.25, -0.2) is 8.78 Å². The van der Waals surface area contributed by atoms with Crippen LogP contribution in [0.4, 0.5) is 8.78 Å². The molecular weight excluding hydrogens is 294 g/mol. The fourth-order valence-corrected chi connectivity index (χ4v) is 2.13. The zero-order valence-corrected chi connectivity index (χ0v) is 12.5. The van der Waals surface area contributed by atoms with Crippen molar-refractivity contribution >= 4 is 12.4 Å². The minimum Gasteiger partial charge on any atom is -0.329 e. The van der Waals surface area contributed by atoms with Gasteiger partial charge in [0.25, 0.3) is 0 Å². The van der Waals surface area contributed by atoms with Gasteiger partial charge in [0.1, 0.15) is 0 Å². The van der Waals surface area contributed by atoms with Crippen LogP contribution in [0.1, 0.15) is 11.1 Å². The van der Waals surface area contributed by atoms with Crippen molar-refractivity contribution in [3.8, 4) is 0 Å². The number of nitrogens with two attached hydrogens (primary N) is 1. The SMILES string of the molecule is Cl.NCCN(Cc1ccccc1)Cc1ccc(F)c(F)c1. The molecule has 0 radical (unpaired) electrons. The van der Waals surface area contributed by atoms with E-state index in [0.717, 1.165) is 18.2 Å². The van der Waals surface area contributed by atoms with E-state index < -0.39 is 11.6 Å². The molecule has 2 rings (SSSR count). The van der Waals surface area contributed by atoms with E-state index in [1.807, 2.05) is 30.3 Å². The maximum atomic E-state index is 13.2. The molecule has 0 bridgehead atoms. The number of hydrogen-bond acceptors (Lipinski definition) is 2. The Morgan fingerprint density at radius 2 is 1.52 bits per heavy atom. The molecule has 0 atom stereocenters. The van der Waals surface area contributed by atoms with Crippen LogP contribution in [0.15, 0.2) is 48.5 Å². The summed E-state index contributed by atoms with van der Waals surface area (Å²) < 4.78 is 26.1. The zero-order chi connectivity index (χ0) is 14.4. The first-order chi connectivity index (χ1) is 9.69. The molecule has 0 unspecified atom stereocenters. The van der Waals surface area contributed by atoms with Crippen molar-refractivity contribution in [2.45, 2.75) is 13.1 Å². The second-order valence-electron chi connectivity index (χ2n) is 4.73. The zero-order valence-electron chi connectivity index (χ0n) is 11.6. The van der Waals surface area contributed by atoms with Gasteiger partial charge in [-0.05, 0) is 23.3 Å². The maximum absolute atomic E-state index is 13.2. The molecule has 0 aromatic heterocycles. The standard InChI is InChI=1S/C16H18F2N2.ClH/c17-15-7-6-14(10-16(15)18)12-20(9-8-19)11-13-4-2-1-3-5-13;/h1-7,10H,8-9,11-12,19H2;1H. The molecule has 0 heterocycles. The van der Waals surface area contributed by atoms with Gasteiger partial charge in [0, 0.05) is 26.2 Å².